The van der Waals surface area contributed by atoms with Crippen LogP contribution in [0, 0.1) is 12.7 Å². The van der Waals surface area contributed by atoms with Crippen LogP contribution in [0.25, 0.3) is 0 Å². The number of thiophene rings is 1. The summed E-state index contributed by atoms with van der Waals surface area (Å²) in [5.41, 5.74) is 1.00. The van der Waals surface area contributed by atoms with Crippen LogP contribution in [0.1, 0.15) is 10.4 Å². The number of pyridine rings is 1. The summed E-state index contributed by atoms with van der Waals surface area (Å²) in [5.74, 6) is -0.854. The molecular weight excluding hydrogens is 275 g/mol. The maximum absolute atomic E-state index is 13.4. The van der Waals surface area contributed by atoms with Crippen LogP contribution in [-0.4, -0.2) is 13.4 Å². The van der Waals surface area contributed by atoms with Crippen molar-refractivity contribution in [2.45, 2.75) is 18.5 Å². The second-order valence-electron chi connectivity index (χ2n) is 3.64. The first-order valence-corrected chi connectivity index (χ1v) is 7.50. The number of sulfonamides is 1. The second-order valence-corrected chi connectivity index (χ2v) is 6.32. The molecule has 0 aromatic carbocycles. The van der Waals surface area contributed by atoms with E-state index < -0.39 is 20.9 Å². The van der Waals surface area contributed by atoms with Crippen LogP contribution in [0.3, 0.4) is 0 Å². The zero-order valence-electron chi connectivity index (χ0n) is 9.55. The van der Waals surface area contributed by atoms with Crippen molar-refractivity contribution in [3.63, 3.8) is 0 Å². The summed E-state index contributed by atoms with van der Waals surface area (Å²) in [6, 6.07) is 4.31. The summed E-state index contributed by atoms with van der Waals surface area (Å²) < 4.78 is 39.4. The van der Waals surface area contributed by atoms with Crippen LogP contribution in [0.5, 0.6) is 0 Å². The predicted octanol–water partition coefficient (Wildman–Crippen LogP) is 2.07. The molecule has 0 saturated heterocycles. The molecule has 7 heteroatoms. The zero-order chi connectivity index (χ0) is 13.2. The van der Waals surface area contributed by atoms with Gasteiger partial charge in [-0.25, -0.2) is 22.5 Å². The fourth-order valence-electron chi connectivity index (χ4n) is 1.38. The van der Waals surface area contributed by atoms with Gasteiger partial charge in [-0.3, -0.25) is 0 Å². The Bertz CT molecular complexity index is 653. The first kappa shape index (κ1) is 13.1. The highest BCUT2D eigenvalue weighted by Gasteiger charge is 2.20. The predicted molar refractivity (Wildman–Crippen MR) is 67.3 cm³/mol. The number of aromatic nitrogens is 1. The lowest BCUT2D eigenvalue weighted by atomic mass is 10.3. The Morgan fingerprint density at radius 3 is 2.83 bits per heavy atom. The van der Waals surface area contributed by atoms with Gasteiger partial charge in [0.15, 0.2) is 5.82 Å². The molecule has 1 N–H and O–H groups in total. The third kappa shape index (κ3) is 2.74. The van der Waals surface area contributed by atoms with Crippen LogP contribution < -0.4 is 4.72 Å². The molecule has 0 fully saturated rings. The molecule has 0 aliphatic rings. The maximum Gasteiger partial charge on any atom is 0.261 e. The molecule has 0 saturated carbocycles. The van der Waals surface area contributed by atoms with Crippen LogP contribution in [-0.2, 0) is 16.6 Å². The average molecular weight is 286 g/mol. The lowest BCUT2D eigenvalue weighted by Crippen LogP contribution is -2.25. The molecule has 2 rings (SSSR count). The Morgan fingerprint density at radius 1 is 1.44 bits per heavy atom. The second kappa shape index (κ2) is 5.13. The number of rotatable bonds is 4. The third-order valence-corrected chi connectivity index (χ3v) is 4.73. The van der Waals surface area contributed by atoms with Crippen molar-refractivity contribution in [1.82, 2.24) is 9.71 Å². The highest BCUT2D eigenvalue weighted by Crippen LogP contribution is 2.16. The lowest BCUT2D eigenvalue weighted by Gasteiger charge is -2.06. The van der Waals surface area contributed by atoms with Gasteiger partial charge >= 0.3 is 0 Å². The van der Waals surface area contributed by atoms with Crippen molar-refractivity contribution in [2.24, 2.45) is 0 Å². The zero-order valence-corrected chi connectivity index (χ0v) is 11.2. The smallest absolute Gasteiger partial charge is 0.241 e. The van der Waals surface area contributed by atoms with Gasteiger partial charge in [-0.1, -0.05) is 0 Å². The topological polar surface area (TPSA) is 59.1 Å². The van der Waals surface area contributed by atoms with Gasteiger partial charge in [0.1, 0.15) is 0 Å². The molecule has 2 aromatic heterocycles. The van der Waals surface area contributed by atoms with E-state index in [4.69, 9.17) is 0 Å². The molecule has 96 valence electrons. The van der Waals surface area contributed by atoms with E-state index in [0.29, 0.717) is 0 Å². The highest BCUT2D eigenvalue weighted by molar-refractivity contribution is 7.89. The number of halogens is 1. The molecular formula is C11H11FN2O2S2. The van der Waals surface area contributed by atoms with Crippen molar-refractivity contribution in [3.05, 3.63) is 46.0 Å². The van der Waals surface area contributed by atoms with Gasteiger partial charge in [-0.15, -0.1) is 11.3 Å². The van der Waals surface area contributed by atoms with Crippen molar-refractivity contribution in [1.29, 1.82) is 0 Å². The van der Waals surface area contributed by atoms with Crippen LogP contribution in [0.15, 0.2) is 34.8 Å². The molecule has 18 heavy (non-hydrogen) atoms. The minimum absolute atomic E-state index is 0.141. The first-order chi connectivity index (χ1) is 8.50. The number of aryl methyl sites for hydroxylation is 1. The monoisotopic (exact) mass is 286 g/mol. The van der Waals surface area contributed by atoms with Gasteiger partial charge in [-0.2, -0.15) is 0 Å². The Hall–Kier alpha value is -1.31. The number of nitrogens with one attached hydrogen (secondary N) is 1. The molecule has 0 unspecified atom stereocenters. The molecule has 0 aliphatic heterocycles. The van der Waals surface area contributed by atoms with Gasteiger partial charge in [0.05, 0.1) is 0 Å². The molecule has 0 atom stereocenters. The molecule has 0 bridgehead atoms. The molecule has 0 amide bonds. The third-order valence-electron chi connectivity index (χ3n) is 2.37. The van der Waals surface area contributed by atoms with E-state index in [9.17, 15) is 12.8 Å². The van der Waals surface area contributed by atoms with E-state index in [1.54, 1.807) is 0 Å². The molecule has 0 aliphatic carbocycles. The quantitative estimate of drug-likeness (QED) is 0.936. The SMILES string of the molecule is Cc1ccsc1CNS(=O)(=O)c1ncccc1F. The standard InChI is InChI=1S/C11H11FN2O2S2/c1-8-4-6-17-10(8)7-14-18(15,16)11-9(12)3-2-5-13-11/h2-6,14H,7H2,1H3. The molecule has 2 aromatic rings. The number of hydrogen-bond donors (Lipinski definition) is 1. The Kier molecular flexibility index (Phi) is 3.74. The van der Waals surface area contributed by atoms with Gasteiger partial charge in [0, 0.05) is 17.6 Å². The van der Waals surface area contributed by atoms with Crippen LogP contribution in [0.2, 0.25) is 0 Å². The number of nitrogens with zero attached hydrogens (tertiary/aromatic N) is 1. The normalized spacial score (nSPS) is 11.7. The average Bonchev–Trinajstić information content (AvgIpc) is 2.73. The Balaban J connectivity index is 2.19. The summed E-state index contributed by atoms with van der Waals surface area (Å²) in [6.07, 6.45) is 1.24. The van der Waals surface area contributed by atoms with E-state index in [1.807, 2.05) is 18.4 Å². The Labute approximate surface area is 109 Å². The van der Waals surface area contributed by atoms with E-state index in [2.05, 4.69) is 9.71 Å². The van der Waals surface area contributed by atoms with Crippen molar-refractivity contribution < 1.29 is 12.8 Å². The lowest BCUT2D eigenvalue weighted by molar-refractivity contribution is 0.544. The minimum Gasteiger partial charge on any atom is -0.241 e. The fourth-order valence-corrected chi connectivity index (χ4v) is 3.32. The van der Waals surface area contributed by atoms with Gasteiger partial charge < -0.3 is 0 Å². The van der Waals surface area contributed by atoms with Crippen LogP contribution >= 0.6 is 11.3 Å². The van der Waals surface area contributed by atoms with E-state index >= 15 is 0 Å². The largest absolute Gasteiger partial charge is 0.261 e. The number of hydrogen-bond acceptors (Lipinski definition) is 4. The van der Waals surface area contributed by atoms with Crippen molar-refractivity contribution in [3.8, 4) is 0 Å². The summed E-state index contributed by atoms with van der Waals surface area (Å²) >= 11 is 1.45. The van der Waals surface area contributed by atoms with Gasteiger partial charge in [0.2, 0.25) is 5.03 Å². The summed E-state index contributed by atoms with van der Waals surface area (Å²) in [7, 11) is -3.91. The molecule has 0 radical (unpaired) electrons. The Morgan fingerprint density at radius 2 is 2.22 bits per heavy atom. The highest BCUT2D eigenvalue weighted by atomic mass is 32.2. The fraction of sp³-hybridized carbons (Fsp3) is 0.182. The molecule has 0 spiro atoms. The molecule has 4 nitrogen and oxygen atoms in total. The van der Waals surface area contributed by atoms with Crippen molar-refractivity contribution in [2.75, 3.05) is 0 Å². The minimum atomic E-state index is -3.91. The van der Waals surface area contributed by atoms with Gasteiger partial charge in [-0.05, 0) is 36.1 Å². The van der Waals surface area contributed by atoms with Crippen molar-refractivity contribution >= 4 is 21.4 Å². The van der Waals surface area contributed by atoms with E-state index in [0.717, 1.165) is 16.5 Å². The van der Waals surface area contributed by atoms with Gasteiger partial charge in [0.25, 0.3) is 10.0 Å². The summed E-state index contributed by atoms with van der Waals surface area (Å²) in [6.45, 7) is 2.03. The van der Waals surface area contributed by atoms with E-state index in [-0.39, 0.29) is 6.54 Å². The molecule has 2 heterocycles. The summed E-state index contributed by atoms with van der Waals surface area (Å²) in [5, 5.41) is 1.31. The first-order valence-electron chi connectivity index (χ1n) is 5.14. The van der Waals surface area contributed by atoms with E-state index in [1.165, 1.54) is 23.6 Å². The summed E-state index contributed by atoms with van der Waals surface area (Å²) in [4.78, 5) is 4.45. The maximum atomic E-state index is 13.4. The van der Waals surface area contributed by atoms with Crippen LogP contribution in [0.4, 0.5) is 4.39 Å².